The number of hydrogen-bond acceptors (Lipinski definition) is 3. The molecule has 1 saturated heterocycles. The van der Waals surface area contributed by atoms with E-state index in [9.17, 15) is 9.59 Å². The van der Waals surface area contributed by atoms with Gasteiger partial charge in [0, 0.05) is 41.2 Å². The maximum Gasteiger partial charge on any atom is 0.253 e. The highest BCUT2D eigenvalue weighted by molar-refractivity contribution is 6.31. The van der Waals surface area contributed by atoms with Gasteiger partial charge in [0.15, 0.2) is 0 Å². The molecule has 3 rings (SSSR count). The minimum absolute atomic E-state index is 0.00535. The van der Waals surface area contributed by atoms with Crippen LogP contribution in [0.1, 0.15) is 34.8 Å². The first-order valence-electron chi connectivity index (χ1n) is 10.1. The molecule has 2 amide bonds. The van der Waals surface area contributed by atoms with Gasteiger partial charge in [0.2, 0.25) is 5.91 Å². The highest BCUT2D eigenvalue weighted by atomic mass is 35.5. The second-order valence-electron chi connectivity index (χ2n) is 7.82. The van der Waals surface area contributed by atoms with Crippen molar-refractivity contribution >= 4 is 35.0 Å². The molecule has 0 spiro atoms. The Labute approximate surface area is 187 Å². The van der Waals surface area contributed by atoms with E-state index in [4.69, 9.17) is 23.2 Å². The molecule has 5 nitrogen and oxygen atoms in total. The average molecular weight is 448 g/mol. The zero-order valence-electron chi connectivity index (χ0n) is 17.3. The molecule has 1 aliphatic heterocycles. The SMILES string of the molecule is CN(C)C(CNC(=O)C1CCN(C(=O)c2ccc(Cl)cc2)CC1)c1ccccc1Cl. The Balaban J connectivity index is 1.53. The summed E-state index contributed by atoms with van der Waals surface area (Å²) in [6.07, 6.45) is 1.31. The maximum atomic E-state index is 12.7. The molecule has 7 heteroatoms. The van der Waals surface area contributed by atoms with E-state index in [1.165, 1.54) is 0 Å². The largest absolute Gasteiger partial charge is 0.354 e. The van der Waals surface area contributed by atoms with Crippen LogP contribution in [0.25, 0.3) is 0 Å². The van der Waals surface area contributed by atoms with Gasteiger partial charge in [0.1, 0.15) is 0 Å². The van der Waals surface area contributed by atoms with Gasteiger partial charge in [-0.3, -0.25) is 9.59 Å². The molecule has 1 N–H and O–H groups in total. The van der Waals surface area contributed by atoms with Crippen molar-refractivity contribution in [3.05, 3.63) is 69.7 Å². The van der Waals surface area contributed by atoms with Gasteiger partial charge in [-0.25, -0.2) is 0 Å². The van der Waals surface area contributed by atoms with E-state index in [-0.39, 0.29) is 23.8 Å². The fraction of sp³-hybridized carbons (Fsp3) is 0.391. The number of nitrogens with zero attached hydrogens (tertiary/aromatic N) is 2. The standard InChI is InChI=1S/C23H27Cl2N3O2/c1-27(2)21(19-5-3-4-6-20(19)25)15-26-22(29)16-11-13-28(14-12-16)23(30)17-7-9-18(24)10-8-17/h3-10,16,21H,11-15H2,1-2H3,(H,26,29). The lowest BCUT2D eigenvalue weighted by Crippen LogP contribution is -2.44. The van der Waals surface area contributed by atoms with Gasteiger partial charge in [0.05, 0.1) is 6.04 Å². The topological polar surface area (TPSA) is 52.7 Å². The third kappa shape index (κ3) is 5.54. The molecule has 0 saturated carbocycles. The number of piperidine rings is 1. The minimum atomic E-state index is -0.0895. The lowest BCUT2D eigenvalue weighted by Gasteiger charge is -2.32. The smallest absolute Gasteiger partial charge is 0.253 e. The number of carbonyl (C=O) groups is 2. The van der Waals surface area contributed by atoms with Crippen molar-refractivity contribution in [2.24, 2.45) is 5.92 Å². The fourth-order valence-corrected chi connectivity index (χ4v) is 4.17. The molecule has 1 heterocycles. The minimum Gasteiger partial charge on any atom is -0.354 e. The van der Waals surface area contributed by atoms with Crippen LogP contribution in [0, 0.1) is 5.92 Å². The van der Waals surface area contributed by atoms with Gasteiger partial charge in [-0.1, -0.05) is 41.4 Å². The van der Waals surface area contributed by atoms with Crippen LogP contribution < -0.4 is 5.32 Å². The molecule has 1 atom stereocenters. The van der Waals surface area contributed by atoms with Crippen molar-refractivity contribution in [1.82, 2.24) is 15.1 Å². The van der Waals surface area contributed by atoms with Crippen molar-refractivity contribution < 1.29 is 9.59 Å². The van der Waals surface area contributed by atoms with Crippen LogP contribution >= 0.6 is 23.2 Å². The number of halogens is 2. The normalized spacial score (nSPS) is 15.8. The van der Waals surface area contributed by atoms with Crippen LogP contribution in [0.5, 0.6) is 0 Å². The van der Waals surface area contributed by atoms with Crippen molar-refractivity contribution in [3.63, 3.8) is 0 Å². The van der Waals surface area contributed by atoms with Gasteiger partial charge in [0.25, 0.3) is 5.91 Å². The van der Waals surface area contributed by atoms with Crippen molar-refractivity contribution in [2.75, 3.05) is 33.7 Å². The highest BCUT2D eigenvalue weighted by Crippen LogP contribution is 2.26. The highest BCUT2D eigenvalue weighted by Gasteiger charge is 2.28. The summed E-state index contributed by atoms with van der Waals surface area (Å²) in [4.78, 5) is 29.2. The van der Waals surface area contributed by atoms with E-state index in [2.05, 4.69) is 10.2 Å². The number of amides is 2. The number of likely N-dealkylation sites (tertiary alicyclic amines) is 1. The van der Waals surface area contributed by atoms with E-state index in [0.717, 1.165) is 5.56 Å². The lowest BCUT2D eigenvalue weighted by atomic mass is 9.95. The summed E-state index contributed by atoms with van der Waals surface area (Å²) in [5, 5.41) is 4.38. The van der Waals surface area contributed by atoms with Gasteiger partial charge in [-0.2, -0.15) is 0 Å². The summed E-state index contributed by atoms with van der Waals surface area (Å²) in [5.74, 6) is -0.0715. The first-order valence-corrected chi connectivity index (χ1v) is 10.9. The Morgan fingerprint density at radius 3 is 2.30 bits per heavy atom. The zero-order valence-corrected chi connectivity index (χ0v) is 18.8. The summed E-state index contributed by atoms with van der Waals surface area (Å²) in [7, 11) is 3.95. The Kier molecular flexibility index (Phi) is 7.75. The molecule has 160 valence electrons. The summed E-state index contributed by atoms with van der Waals surface area (Å²) < 4.78 is 0. The maximum absolute atomic E-state index is 12.7. The number of carbonyl (C=O) groups excluding carboxylic acids is 2. The van der Waals surface area contributed by atoms with Crippen LogP contribution in [0.2, 0.25) is 10.0 Å². The van der Waals surface area contributed by atoms with Crippen molar-refractivity contribution in [3.8, 4) is 0 Å². The second-order valence-corrected chi connectivity index (χ2v) is 8.66. The summed E-state index contributed by atoms with van der Waals surface area (Å²) in [6.45, 7) is 1.63. The van der Waals surface area contributed by atoms with Crippen LogP contribution in [0.3, 0.4) is 0 Å². The Bertz CT molecular complexity index is 878. The molecule has 2 aromatic rings. The molecule has 0 bridgehead atoms. The fourth-order valence-electron chi connectivity index (χ4n) is 3.78. The van der Waals surface area contributed by atoms with E-state index in [1.54, 1.807) is 29.2 Å². The van der Waals surface area contributed by atoms with Gasteiger partial charge >= 0.3 is 0 Å². The van der Waals surface area contributed by atoms with Gasteiger partial charge in [-0.05, 0) is 62.8 Å². The van der Waals surface area contributed by atoms with Gasteiger partial charge in [-0.15, -0.1) is 0 Å². The molecular formula is C23H27Cl2N3O2. The van der Waals surface area contributed by atoms with Crippen LogP contribution in [-0.4, -0.2) is 55.3 Å². The molecule has 0 aromatic heterocycles. The van der Waals surface area contributed by atoms with E-state index >= 15 is 0 Å². The molecule has 2 aromatic carbocycles. The molecular weight excluding hydrogens is 421 g/mol. The molecule has 0 radical (unpaired) electrons. The molecule has 1 fully saturated rings. The monoisotopic (exact) mass is 447 g/mol. The third-order valence-corrected chi connectivity index (χ3v) is 6.20. The summed E-state index contributed by atoms with van der Waals surface area (Å²) >= 11 is 12.2. The van der Waals surface area contributed by atoms with Crippen LogP contribution in [0.15, 0.2) is 48.5 Å². The predicted octanol–water partition coefficient (Wildman–Crippen LogP) is 4.26. The average Bonchev–Trinajstić information content (AvgIpc) is 2.75. The van der Waals surface area contributed by atoms with E-state index < -0.39 is 0 Å². The summed E-state index contributed by atoms with van der Waals surface area (Å²) in [6, 6.07) is 14.6. The number of benzene rings is 2. The lowest BCUT2D eigenvalue weighted by molar-refractivity contribution is -0.126. The first-order chi connectivity index (χ1) is 14.4. The number of likely N-dealkylation sites (N-methyl/N-ethyl adjacent to an activating group) is 1. The Morgan fingerprint density at radius 2 is 1.70 bits per heavy atom. The Morgan fingerprint density at radius 1 is 1.07 bits per heavy atom. The predicted molar refractivity (Wildman–Crippen MR) is 121 cm³/mol. The Hall–Kier alpha value is -2.08. The second kappa shape index (κ2) is 10.3. The summed E-state index contributed by atoms with van der Waals surface area (Å²) in [5.41, 5.74) is 1.61. The molecule has 30 heavy (non-hydrogen) atoms. The van der Waals surface area contributed by atoms with Crippen molar-refractivity contribution in [1.29, 1.82) is 0 Å². The van der Waals surface area contributed by atoms with Crippen molar-refractivity contribution in [2.45, 2.75) is 18.9 Å². The molecule has 1 unspecified atom stereocenters. The first kappa shape index (κ1) is 22.6. The third-order valence-electron chi connectivity index (χ3n) is 5.60. The number of hydrogen-bond donors (Lipinski definition) is 1. The molecule has 0 aliphatic carbocycles. The molecule has 1 aliphatic rings. The van der Waals surface area contributed by atoms with Gasteiger partial charge < -0.3 is 15.1 Å². The van der Waals surface area contributed by atoms with E-state index in [0.29, 0.717) is 48.1 Å². The van der Waals surface area contributed by atoms with E-state index in [1.807, 2.05) is 38.4 Å². The van der Waals surface area contributed by atoms with Crippen LogP contribution in [-0.2, 0) is 4.79 Å². The quantitative estimate of drug-likeness (QED) is 0.719. The van der Waals surface area contributed by atoms with Crippen LogP contribution in [0.4, 0.5) is 0 Å². The number of rotatable bonds is 6. The zero-order chi connectivity index (χ0) is 21.7. The number of nitrogens with one attached hydrogen (secondary N) is 1.